The van der Waals surface area contributed by atoms with Crippen LogP contribution in [-0.2, 0) is 6.54 Å². The van der Waals surface area contributed by atoms with Gasteiger partial charge >= 0.3 is 5.95 Å². The highest BCUT2D eigenvalue weighted by Crippen LogP contribution is 2.18. The summed E-state index contributed by atoms with van der Waals surface area (Å²) in [5, 5.41) is 17.9. The molecule has 0 aliphatic heterocycles. The van der Waals surface area contributed by atoms with Gasteiger partial charge in [0.05, 0.1) is 10.7 Å². The molecule has 8 nitrogen and oxygen atoms in total. The van der Waals surface area contributed by atoms with Crippen molar-refractivity contribution in [2.75, 3.05) is 11.9 Å². The normalized spacial score (nSPS) is 10.5. The molecule has 0 bridgehead atoms. The van der Waals surface area contributed by atoms with E-state index < -0.39 is 10.9 Å². The fourth-order valence-electron chi connectivity index (χ4n) is 1.54. The van der Waals surface area contributed by atoms with Crippen molar-refractivity contribution in [1.29, 1.82) is 0 Å². The van der Waals surface area contributed by atoms with Gasteiger partial charge in [-0.2, -0.15) is 4.68 Å². The first-order valence-electron chi connectivity index (χ1n) is 6.03. The third-order valence-corrected chi connectivity index (χ3v) is 2.82. The van der Waals surface area contributed by atoms with Gasteiger partial charge in [0.15, 0.2) is 0 Å². The van der Waals surface area contributed by atoms with E-state index in [1.165, 1.54) is 11.0 Å². The SMILES string of the molecule is CCCNc1ccc(Cl)c(Cn2cnc([N+](=O)[O-])n2)n1. The quantitative estimate of drug-likeness (QED) is 0.647. The molecule has 0 atom stereocenters. The van der Waals surface area contributed by atoms with Gasteiger partial charge in [0.2, 0.25) is 6.33 Å². The van der Waals surface area contributed by atoms with Gasteiger partial charge < -0.3 is 15.4 Å². The lowest BCUT2D eigenvalue weighted by Crippen LogP contribution is -2.07. The van der Waals surface area contributed by atoms with E-state index in [0.29, 0.717) is 16.5 Å². The van der Waals surface area contributed by atoms with Crippen LogP contribution in [-0.4, -0.2) is 31.2 Å². The molecule has 20 heavy (non-hydrogen) atoms. The van der Waals surface area contributed by atoms with Gasteiger partial charge in [0.25, 0.3) is 0 Å². The summed E-state index contributed by atoms with van der Waals surface area (Å²) in [7, 11) is 0. The number of aromatic nitrogens is 4. The minimum atomic E-state index is -0.648. The lowest BCUT2D eigenvalue weighted by Gasteiger charge is -2.07. The molecular weight excluding hydrogens is 284 g/mol. The second-order valence-electron chi connectivity index (χ2n) is 4.05. The summed E-state index contributed by atoms with van der Waals surface area (Å²) in [4.78, 5) is 17.8. The van der Waals surface area contributed by atoms with Crippen molar-refractivity contribution in [1.82, 2.24) is 19.7 Å². The largest absolute Gasteiger partial charge is 0.490 e. The Morgan fingerprint density at radius 1 is 1.50 bits per heavy atom. The zero-order chi connectivity index (χ0) is 14.5. The van der Waals surface area contributed by atoms with Gasteiger partial charge in [-0.1, -0.05) is 23.5 Å². The van der Waals surface area contributed by atoms with Crippen LogP contribution in [0, 0.1) is 10.1 Å². The van der Waals surface area contributed by atoms with Crippen molar-refractivity contribution in [3.05, 3.63) is 39.3 Å². The van der Waals surface area contributed by atoms with E-state index >= 15 is 0 Å². The third kappa shape index (κ3) is 3.41. The molecule has 9 heteroatoms. The Labute approximate surface area is 120 Å². The smallest absolute Gasteiger partial charge is 0.390 e. The summed E-state index contributed by atoms with van der Waals surface area (Å²) >= 11 is 6.06. The molecule has 2 aromatic rings. The first-order valence-corrected chi connectivity index (χ1v) is 6.41. The number of nitrogens with one attached hydrogen (secondary N) is 1. The van der Waals surface area contributed by atoms with Crippen LogP contribution in [0.1, 0.15) is 19.0 Å². The van der Waals surface area contributed by atoms with Crippen molar-refractivity contribution in [2.24, 2.45) is 0 Å². The molecule has 0 fully saturated rings. The van der Waals surface area contributed by atoms with Crippen LogP contribution in [0.4, 0.5) is 11.8 Å². The monoisotopic (exact) mass is 296 g/mol. The fraction of sp³-hybridized carbons (Fsp3) is 0.364. The first-order chi connectivity index (χ1) is 9.60. The third-order valence-electron chi connectivity index (χ3n) is 2.47. The minimum Gasteiger partial charge on any atom is -0.390 e. The average Bonchev–Trinajstić information content (AvgIpc) is 2.88. The predicted octanol–water partition coefficient (Wildman–Crippen LogP) is 2.10. The Hall–Kier alpha value is -2.22. The molecule has 0 aliphatic rings. The Bertz CT molecular complexity index is 615. The van der Waals surface area contributed by atoms with Crippen LogP contribution in [0.15, 0.2) is 18.5 Å². The number of nitrogens with zero attached hydrogens (tertiary/aromatic N) is 5. The standard InChI is InChI=1S/C11H13ClN6O2/c1-2-5-13-10-4-3-8(12)9(15-10)6-17-7-14-11(16-17)18(19)20/h3-4,7H,2,5-6H2,1H3,(H,13,15). The van der Waals surface area contributed by atoms with Gasteiger partial charge in [0.1, 0.15) is 12.4 Å². The summed E-state index contributed by atoms with van der Waals surface area (Å²) in [6.07, 6.45) is 2.26. The molecule has 2 rings (SSSR count). The van der Waals surface area contributed by atoms with Crippen molar-refractivity contribution < 1.29 is 4.92 Å². The highest BCUT2D eigenvalue weighted by atomic mass is 35.5. The van der Waals surface area contributed by atoms with Gasteiger partial charge in [-0.15, -0.1) is 0 Å². The van der Waals surface area contributed by atoms with Gasteiger partial charge in [-0.05, 0) is 23.5 Å². The maximum Gasteiger partial charge on any atom is 0.490 e. The van der Waals surface area contributed by atoms with Gasteiger partial charge in [-0.25, -0.2) is 4.98 Å². The minimum absolute atomic E-state index is 0.224. The lowest BCUT2D eigenvalue weighted by atomic mass is 10.3. The second kappa shape index (κ2) is 6.29. The van der Waals surface area contributed by atoms with E-state index in [0.717, 1.165) is 13.0 Å². The van der Waals surface area contributed by atoms with Crippen LogP contribution >= 0.6 is 11.6 Å². The summed E-state index contributed by atoms with van der Waals surface area (Å²) < 4.78 is 1.33. The van der Waals surface area contributed by atoms with Crippen LogP contribution in [0.2, 0.25) is 5.02 Å². The van der Waals surface area contributed by atoms with E-state index in [2.05, 4.69) is 27.3 Å². The van der Waals surface area contributed by atoms with Crippen LogP contribution < -0.4 is 5.32 Å². The lowest BCUT2D eigenvalue weighted by molar-refractivity contribution is -0.394. The van der Waals surface area contributed by atoms with Crippen molar-refractivity contribution in [3.8, 4) is 0 Å². The number of rotatable bonds is 6. The van der Waals surface area contributed by atoms with E-state index in [9.17, 15) is 10.1 Å². The first kappa shape index (κ1) is 14.2. The molecule has 106 valence electrons. The second-order valence-corrected chi connectivity index (χ2v) is 4.46. The van der Waals surface area contributed by atoms with Gasteiger partial charge in [0, 0.05) is 11.6 Å². The Kier molecular flexibility index (Phi) is 4.46. The summed E-state index contributed by atoms with van der Waals surface area (Å²) in [5.41, 5.74) is 0.576. The number of hydrogen-bond donors (Lipinski definition) is 1. The molecular formula is C11H13ClN6O2. The summed E-state index contributed by atoms with van der Waals surface area (Å²) in [6, 6.07) is 3.51. The van der Waals surface area contributed by atoms with E-state index in [1.807, 2.05) is 0 Å². The average molecular weight is 297 g/mol. The molecule has 0 amide bonds. The summed E-state index contributed by atoms with van der Waals surface area (Å²) in [5.74, 6) is 0.266. The maximum absolute atomic E-state index is 10.5. The van der Waals surface area contributed by atoms with Crippen molar-refractivity contribution >= 4 is 23.4 Å². The zero-order valence-corrected chi connectivity index (χ0v) is 11.5. The number of pyridine rings is 1. The molecule has 0 saturated heterocycles. The fourth-order valence-corrected chi connectivity index (χ4v) is 1.71. The maximum atomic E-state index is 10.5. The van der Waals surface area contributed by atoms with E-state index in [4.69, 9.17) is 11.6 Å². The summed E-state index contributed by atoms with van der Waals surface area (Å²) in [6.45, 7) is 3.09. The molecule has 2 heterocycles. The molecule has 0 radical (unpaired) electrons. The zero-order valence-electron chi connectivity index (χ0n) is 10.8. The molecule has 0 aliphatic carbocycles. The Morgan fingerprint density at radius 2 is 2.30 bits per heavy atom. The van der Waals surface area contributed by atoms with Crippen molar-refractivity contribution in [2.45, 2.75) is 19.9 Å². The number of halogens is 1. The van der Waals surface area contributed by atoms with E-state index in [1.54, 1.807) is 12.1 Å². The van der Waals surface area contributed by atoms with Gasteiger partial charge in [-0.3, -0.25) is 0 Å². The van der Waals surface area contributed by atoms with E-state index in [-0.39, 0.29) is 6.54 Å². The highest BCUT2D eigenvalue weighted by molar-refractivity contribution is 6.31. The molecule has 0 unspecified atom stereocenters. The Balaban J connectivity index is 2.16. The molecule has 2 aromatic heterocycles. The molecule has 0 spiro atoms. The van der Waals surface area contributed by atoms with Crippen molar-refractivity contribution in [3.63, 3.8) is 0 Å². The number of anilines is 1. The van der Waals surface area contributed by atoms with Crippen LogP contribution in [0.25, 0.3) is 0 Å². The predicted molar refractivity (Wildman–Crippen MR) is 73.8 cm³/mol. The van der Waals surface area contributed by atoms with Crippen LogP contribution in [0.3, 0.4) is 0 Å². The number of nitro groups is 1. The highest BCUT2D eigenvalue weighted by Gasteiger charge is 2.15. The topological polar surface area (TPSA) is 98.8 Å². The molecule has 0 aromatic carbocycles. The molecule has 0 saturated carbocycles. The number of hydrogen-bond acceptors (Lipinski definition) is 6. The Morgan fingerprint density at radius 3 is 2.95 bits per heavy atom. The van der Waals surface area contributed by atoms with Crippen LogP contribution in [0.5, 0.6) is 0 Å². The molecule has 1 N–H and O–H groups in total.